The smallest absolute Gasteiger partial charge is 0.305 e. The number of carboxylic acids is 1. The van der Waals surface area contributed by atoms with Crippen molar-refractivity contribution in [3.05, 3.63) is 0 Å². The van der Waals surface area contributed by atoms with Crippen LogP contribution in [-0.2, 0) is 48.0 Å². The van der Waals surface area contributed by atoms with E-state index in [9.17, 15) is 48.3 Å². The second-order valence-electron chi connectivity index (χ2n) is 11.6. The number of primary amides is 1. The Morgan fingerprint density at radius 2 is 1.38 bits per heavy atom. The minimum Gasteiger partial charge on any atom is -0.481 e. The normalized spacial score (nSPS) is 24.4. The van der Waals surface area contributed by atoms with Gasteiger partial charge < -0.3 is 48.5 Å². The van der Waals surface area contributed by atoms with Crippen molar-refractivity contribution in [1.82, 2.24) is 37.4 Å². The van der Waals surface area contributed by atoms with Gasteiger partial charge in [0, 0.05) is 6.42 Å². The summed E-state index contributed by atoms with van der Waals surface area (Å²) < 4.78 is 0. The highest BCUT2D eigenvalue weighted by Crippen LogP contribution is 2.08. The summed E-state index contributed by atoms with van der Waals surface area (Å²) >= 11 is 0. The molecule has 8 amide bonds. The molecule has 20 nitrogen and oxygen atoms in total. The monoisotopic (exact) mass is 685 g/mol. The van der Waals surface area contributed by atoms with Gasteiger partial charge in [0.15, 0.2) is 6.61 Å². The summed E-state index contributed by atoms with van der Waals surface area (Å²) in [5, 5.41) is 23.5. The van der Waals surface area contributed by atoms with Gasteiger partial charge in [0.2, 0.25) is 41.4 Å². The van der Waals surface area contributed by atoms with Gasteiger partial charge in [-0.05, 0) is 51.5 Å². The van der Waals surface area contributed by atoms with Crippen LogP contribution in [0.3, 0.4) is 0 Å². The van der Waals surface area contributed by atoms with Crippen molar-refractivity contribution in [3.8, 4) is 0 Å². The van der Waals surface area contributed by atoms with Gasteiger partial charge in [-0.15, -0.1) is 0 Å². The van der Waals surface area contributed by atoms with Crippen LogP contribution in [0.4, 0.5) is 0 Å². The van der Waals surface area contributed by atoms with Crippen molar-refractivity contribution in [3.63, 3.8) is 0 Å². The predicted octanol–water partition coefficient (Wildman–Crippen LogP) is -4.48. The molecule has 0 radical (unpaired) electrons. The number of unbranched alkanes of at least 4 members (excludes halogenated alkanes) is 1. The van der Waals surface area contributed by atoms with E-state index in [0.29, 0.717) is 19.4 Å². The van der Waals surface area contributed by atoms with Gasteiger partial charge in [0.25, 0.3) is 5.91 Å². The molecule has 0 saturated carbocycles. The highest BCUT2D eigenvalue weighted by Gasteiger charge is 2.32. The van der Waals surface area contributed by atoms with Crippen molar-refractivity contribution in [2.24, 2.45) is 17.4 Å². The number of carbonyl (C=O) groups is 9. The number of hydrogen-bond acceptors (Lipinski definition) is 11. The van der Waals surface area contributed by atoms with Crippen LogP contribution in [0.15, 0.2) is 0 Å². The molecule has 0 bridgehead atoms. The molecule has 1 fully saturated rings. The van der Waals surface area contributed by atoms with Gasteiger partial charge in [-0.3, -0.25) is 48.0 Å². The Bertz CT molecular complexity index is 1200. The minimum absolute atomic E-state index is 0.0808. The number of nitrogens with two attached hydrogens (primary N) is 2. The molecule has 0 spiro atoms. The van der Waals surface area contributed by atoms with Crippen LogP contribution in [0.2, 0.25) is 0 Å². The number of nitrogens with one attached hydrogen (secondary N) is 7. The van der Waals surface area contributed by atoms with E-state index >= 15 is 0 Å². The predicted molar refractivity (Wildman–Crippen MR) is 165 cm³/mol. The lowest BCUT2D eigenvalue weighted by atomic mass is 10.0. The van der Waals surface area contributed by atoms with Gasteiger partial charge in [-0.2, -0.15) is 0 Å². The van der Waals surface area contributed by atoms with Gasteiger partial charge in [0.1, 0.15) is 30.2 Å². The third-order valence-electron chi connectivity index (χ3n) is 6.83. The first kappa shape index (κ1) is 41.2. The van der Waals surface area contributed by atoms with Crippen LogP contribution in [0, 0.1) is 5.92 Å². The number of aliphatic carboxylic acids is 1. The average molecular weight is 686 g/mol. The fourth-order valence-electron chi connectivity index (χ4n) is 4.36. The Hall–Kier alpha value is -4.85. The molecule has 0 aromatic carbocycles. The highest BCUT2D eigenvalue weighted by atomic mass is 16.7. The maximum atomic E-state index is 13.3. The van der Waals surface area contributed by atoms with Gasteiger partial charge in [-0.1, -0.05) is 13.8 Å². The van der Waals surface area contributed by atoms with Crippen molar-refractivity contribution in [2.75, 3.05) is 19.7 Å². The zero-order chi connectivity index (χ0) is 36.4. The molecule has 0 aromatic rings. The lowest BCUT2D eigenvalue weighted by molar-refractivity contribution is -0.144. The van der Waals surface area contributed by atoms with Gasteiger partial charge >= 0.3 is 5.97 Å². The summed E-state index contributed by atoms with van der Waals surface area (Å²) in [5.41, 5.74) is 12.7. The maximum absolute atomic E-state index is 13.3. The Kier molecular flexibility index (Phi) is 18.1. The van der Waals surface area contributed by atoms with Crippen molar-refractivity contribution < 1.29 is 53.1 Å². The number of amides is 8. The number of rotatable bonds is 11. The number of hydroxylamine groups is 1. The van der Waals surface area contributed by atoms with E-state index in [-0.39, 0.29) is 31.6 Å². The van der Waals surface area contributed by atoms with Crippen LogP contribution in [-0.4, -0.2) is 108 Å². The van der Waals surface area contributed by atoms with Crippen LogP contribution >= 0.6 is 0 Å². The topological polar surface area (TPSA) is 319 Å². The Morgan fingerprint density at radius 3 is 1.98 bits per heavy atom. The molecule has 1 aliphatic heterocycles. The Labute approximate surface area is 276 Å². The molecule has 0 aromatic heterocycles. The molecule has 270 valence electrons. The van der Waals surface area contributed by atoms with E-state index < -0.39 is 103 Å². The van der Waals surface area contributed by atoms with Crippen molar-refractivity contribution >= 4 is 53.2 Å². The van der Waals surface area contributed by atoms with Crippen LogP contribution < -0.4 is 48.8 Å². The zero-order valence-corrected chi connectivity index (χ0v) is 27.2. The van der Waals surface area contributed by atoms with Crippen LogP contribution in [0.5, 0.6) is 0 Å². The van der Waals surface area contributed by atoms with E-state index in [1.165, 1.54) is 6.92 Å². The van der Waals surface area contributed by atoms with E-state index in [1.54, 1.807) is 13.8 Å². The molecule has 1 saturated heterocycles. The SMILES string of the molecule is CC(C)C[C@@H]1NC(=O)[C@H](CCC(N)=O)NC(=O)C(CC(=O)O)NC(=O)CONC(=O)[C@H](C)NC(=O)[C@H](CCCCN)NC(=O)CNC1=O. The van der Waals surface area contributed by atoms with E-state index in [1.807, 2.05) is 5.48 Å². The van der Waals surface area contributed by atoms with Gasteiger partial charge in [0.05, 0.1) is 13.0 Å². The molecule has 1 aliphatic rings. The van der Waals surface area contributed by atoms with Crippen molar-refractivity contribution in [2.45, 2.75) is 95.9 Å². The lowest BCUT2D eigenvalue weighted by Gasteiger charge is -2.26. The molecule has 1 unspecified atom stereocenters. The second kappa shape index (κ2) is 21.1. The zero-order valence-electron chi connectivity index (χ0n) is 27.2. The number of carbonyl (C=O) groups excluding carboxylic acids is 8. The third kappa shape index (κ3) is 16.1. The molecule has 0 aliphatic carbocycles. The summed E-state index contributed by atoms with van der Waals surface area (Å²) in [5.74, 6) is -8.72. The second-order valence-corrected chi connectivity index (χ2v) is 11.6. The van der Waals surface area contributed by atoms with Gasteiger partial charge in [-0.25, -0.2) is 5.48 Å². The molecule has 1 rings (SSSR count). The highest BCUT2D eigenvalue weighted by molar-refractivity contribution is 5.97. The summed E-state index contributed by atoms with van der Waals surface area (Å²) in [4.78, 5) is 118. The molecule has 20 heteroatoms. The number of hydrogen-bond donors (Lipinski definition) is 10. The standard InChI is InChI=1S/C28H47N9O11/c1-14(2)10-18-25(44)31-12-21(39)33-16(6-4-5-9-29)26(45)32-15(3)24(43)37-48-13-22(40)34-19(11-23(41)42)28(47)35-17(27(46)36-18)7-8-20(30)38/h14-19H,4-13,29H2,1-3H3,(H2,30,38)(H,31,44)(H,32,45)(H,33,39)(H,34,40)(H,35,47)(H,36,46)(H,37,43)(H,41,42)/t15-,16-,17-,18-,19?/m0/s1. The lowest BCUT2D eigenvalue weighted by Crippen LogP contribution is -2.58. The summed E-state index contributed by atoms with van der Waals surface area (Å²) in [6.07, 6.45) is -0.454. The first-order valence-corrected chi connectivity index (χ1v) is 15.4. The molecule has 1 heterocycles. The third-order valence-corrected chi connectivity index (χ3v) is 6.83. The van der Waals surface area contributed by atoms with Crippen LogP contribution in [0.1, 0.15) is 65.7 Å². The Balaban J connectivity index is 3.41. The molecule has 48 heavy (non-hydrogen) atoms. The largest absolute Gasteiger partial charge is 0.481 e. The average Bonchev–Trinajstić information content (AvgIpc) is 2.99. The fourth-order valence-corrected chi connectivity index (χ4v) is 4.36. The molecule has 12 N–H and O–H groups in total. The molecular weight excluding hydrogens is 638 g/mol. The van der Waals surface area contributed by atoms with Crippen molar-refractivity contribution in [1.29, 1.82) is 0 Å². The maximum Gasteiger partial charge on any atom is 0.305 e. The first-order chi connectivity index (χ1) is 22.5. The molecule has 5 atom stereocenters. The van der Waals surface area contributed by atoms with E-state index in [0.717, 1.165) is 0 Å². The summed E-state index contributed by atoms with van der Waals surface area (Å²) in [6.45, 7) is 3.68. The quantitative estimate of drug-likeness (QED) is 0.0921. The molecular formula is C28H47N9O11. The minimum atomic E-state index is -1.74. The van der Waals surface area contributed by atoms with E-state index in [2.05, 4.69) is 31.9 Å². The number of carboxylic acid groups (broad SMARTS) is 1. The summed E-state index contributed by atoms with van der Waals surface area (Å²) in [7, 11) is 0. The van der Waals surface area contributed by atoms with E-state index in [4.69, 9.17) is 16.3 Å². The first-order valence-electron chi connectivity index (χ1n) is 15.4. The summed E-state index contributed by atoms with van der Waals surface area (Å²) in [6, 6.07) is -6.81. The fraction of sp³-hybridized carbons (Fsp3) is 0.679. The Morgan fingerprint density at radius 1 is 0.792 bits per heavy atom. The van der Waals surface area contributed by atoms with Crippen LogP contribution in [0.25, 0.3) is 0 Å².